The van der Waals surface area contributed by atoms with E-state index in [4.69, 9.17) is 10.5 Å². The third-order valence-corrected chi connectivity index (χ3v) is 5.49. The van der Waals surface area contributed by atoms with Crippen LogP contribution >= 0.6 is 0 Å². The van der Waals surface area contributed by atoms with E-state index in [1.807, 2.05) is 0 Å². The van der Waals surface area contributed by atoms with Crippen molar-refractivity contribution in [3.63, 3.8) is 0 Å². The maximum absolute atomic E-state index is 13.1. The molecule has 4 rings (SSSR count). The molecule has 1 aliphatic carbocycles. The number of imide groups is 1. The predicted molar refractivity (Wildman–Crippen MR) is 126 cm³/mol. The standard InChI is InChI=1S/C26H21N3O6/c1-2-28-26(34)29-24(32)23(14-8-4-3-5-9-14)35-25(33)18-13-12-17-19(20(18)27)22(31)16-11-7-6-10-15(16)21(17)30/h3-13,23H,2,27H2,1H3,(H2,28,29,32,34). The zero-order chi connectivity index (χ0) is 25.1. The number of nitrogens with one attached hydrogen (secondary N) is 2. The van der Waals surface area contributed by atoms with Gasteiger partial charge in [-0.3, -0.25) is 19.7 Å². The lowest BCUT2D eigenvalue weighted by Crippen LogP contribution is -2.42. The molecule has 0 aliphatic heterocycles. The van der Waals surface area contributed by atoms with Gasteiger partial charge in [-0.1, -0.05) is 54.6 Å². The van der Waals surface area contributed by atoms with Gasteiger partial charge in [0.25, 0.3) is 5.91 Å². The molecule has 1 unspecified atom stereocenters. The largest absolute Gasteiger partial charge is 0.444 e. The molecule has 0 radical (unpaired) electrons. The van der Waals surface area contributed by atoms with E-state index < -0.39 is 29.8 Å². The number of urea groups is 1. The highest BCUT2D eigenvalue weighted by molar-refractivity contribution is 6.30. The van der Waals surface area contributed by atoms with E-state index in [9.17, 15) is 24.0 Å². The molecule has 3 amide bonds. The molecule has 1 atom stereocenters. The number of benzene rings is 3. The topological polar surface area (TPSA) is 145 Å². The Kier molecular flexibility index (Phi) is 6.41. The third kappa shape index (κ3) is 4.39. The summed E-state index contributed by atoms with van der Waals surface area (Å²) >= 11 is 0. The van der Waals surface area contributed by atoms with Crippen LogP contribution in [0.2, 0.25) is 0 Å². The van der Waals surface area contributed by atoms with Crippen LogP contribution in [0, 0.1) is 0 Å². The summed E-state index contributed by atoms with van der Waals surface area (Å²) in [4.78, 5) is 63.7. The first-order valence-corrected chi connectivity index (χ1v) is 10.8. The van der Waals surface area contributed by atoms with Crippen molar-refractivity contribution in [2.45, 2.75) is 13.0 Å². The van der Waals surface area contributed by atoms with Gasteiger partial charge >= 0.3 is 12.0 Å². The lowest BCUT2D eigenvalue weighted by Gasteiger charge is -2.21. The molecule has 0 bridgehead atoms. The van der Waals surface area contributed by atoms with Gasteiger partial charge in [0.05, 0.1) is 16.8 Å². The van der Waals surface area contributed by atoms with E-state index in [1.165, 1.54) is 18.2 Å². The molecule has 9 nitrogen and oxygen atoms in total. The van der Waals surface area contributed by atoms with E-state index in [-0.39, 0.29) is 45.8 Å². The van der Waals surface area contributed by atoms with Crippen LogP contribution in [-0.4, -0.2) is 36.0 Å². The summed E-state index contributed by atoms with van der Waals surface area (Å²) in [7, 11) is 0. The van der Waals surface area contributed by atoms with Crippen molar-refractivity contribution in [1.29, 1.82) is 0 Å². The summed E-state index contributed by atoms with van der Waals surface area (Å²) in [5.41, 5.74) is 6.53. The Labute approximate surface area is 200 Å². The second-order valence-corrected chi connectivity index (χ2v) is 7.70. The van der Waals surface area contributed by atoms with Crippen LogP contribution in [0.5, 0.6) is 0 Å². The molecule has 1 aliphatic rings. The van der Waals surface area contributed by atoms with Crippen molar-refractivity contribution < 1.29 is 28.7 Å². The number of carbonyl (C=O) groups is 5. The van der Waals surface area contributed by atoms with E-state index in [0.29, 0.717) is 5.56 Å². The number of amides is 3. The highest BCUT2D eigenvalue weighted by Gasteiger charge is 2.34. The van der Waals surface area contributed by atoms with Crippen LogP contribution in [-0.2, 0) is 9.53 Å². The molecule has 0 fully saturated rings. The predicted octanol–water partition coefficient (Wildman–Crippen LogP) is 2.79. The monoisotopic (exact) mass is 471 g/mol. The van der Waals surface area contributed by atoms with E-state index in [2.05, 4.69) is 10.6 Å². The van der Waals surface area contributed by atoms with Crippen LogP contribution in [0.15, 0.2) is 66.7 Å². The van der Waals surface area contributed by atoms with Gasteiger partial charge in [-0.15, -0.1) is 0 Å². The highest BCUT2D eigenvalue weighted by atomic mass is 16.5. The summed E-state index contributed by atoms with van der Waals surface area (Å²) in [6.45, 7) is 1.97. The van der Waals surface area contributed by atoms with E-state index in [0.717, 1.165) is 0 Å². The number of ether oxygens (including phenoxy) is 1. The van der Waals surface area contributed by atoms with Crippen molar-refractivity contribution in [2.75, 3.05) is 12.3 Å². The normalized spacial score (nSPS) is 12.7. The molecule has 4 N–H and O–H groups in total. The van der Waals surface area contributed by atoms with E-state index >= 15 is 0 Å². The first-order chi connectivity index (χ1) is 16.8. The molecule has 0 heterocycles. The minimum Gasteiger partial charge on any atom is -0.444 e. The number of ketones is 2. The van der Waals surface area contributed by atoms with Crippen LogP contribution in [0.4, 0.5) is 10.5 Å². The van der Waals surface area contributed by atoms with Crippen molar-refractivity contribution in [3.05, 3.63) is 100 Å². The number of nitrogens with two attached hydrogens (primary N) is 1. The lowest BCUT2D eigenvalue weighted by molar-refractivity contribution is -0.129. The average Bonchev–Trinajstić information content (AvgIpc) is 2.86. The van der Waals surface area contributed by atoms with Crippen LogP contribution in [0.3, 0.4) is 0 Å². The first kappa shape index (κ1) is 23.4. The molecule has 0 saturated carbocycles. The van der Waals surface area contributed by atoms with Gasteiger partial charge < -0.3 is 15.8 Å². The summed E-state index contributed by atoms with van der Waals surface area (Å²) < 4.78 is 5.46. The molecule has 0 spiro atoms. The van der Waals surface area contributed by atoms with Crippen molar-refractivity contribution in [2.24, 2.45) is 0 Å². The number of fused-ring (bicyclic) bond motifs is 2. The Morgan fingerprint density at radius 3 is 2.14 bits per heavy atom. The number of rotatable bonds is 5. The molecule has 35 heavy (non-hydrogen) atoms. The quantitative estimate of drug-likeness (QED) is 0.300. The zero-order valence-electron chi connectivity index (χ0n) is 18.7. The number of esters is 1. The minimum atomic E-state index is -1.47. The Hall–Kier alpha value is -4.79. The molecule has 9 heteroatoms. The van der Waals surface area contributed by atoms with Gasteiger partial charge in [0, 0.05) is 28.8 Å². The molecule has 0 aromatic heterocycles. The fourth-order valence-electron chi connectivity index (χ4n) is 3.84. The highest BCUT2D eigenvalue weighted by Crippen LogP contribution is 2.33. The summed E-state index contributed by atoms with van der Waals surface area (Å²) in [5.74, 6) is -2.74. The second-order valence-electron chi connectivity index (χ2n) is 7.70. The Bertz CT molecular complexity index is 1370. The zero-order valence-corrected chi connectivity index (χ0v) is 18.7. The smallest absolute Gasteiger partial charge is 0.341 e. The first-order valence-electron chi connectivity index (χ1n) is 10.8. The average molecular weight is 471 g/mol. The van der Waals surface area contributed by atoms with E-state index in [1.54, 1.807) is 55.5 Å². The van der Waals surface area contributed by atoms with Crippen molar-refractivity contribution in [3.8, 4) is 0 Å². The third-order valence-electron chi connectivity index (χ3n) is 5.49. The second kappa shape index (κ2) is 9.60. The van der Waals surface area contributed by atoms with Gasteiger partial charge in [-0.05, 0) is 19.1 Å². The molecule has 176 valence electrons. The van der Waals surface area contributed by atoms with Crippen LogP contribution in [0.1, 0.15) is 60.8 Å². The number of hydrogen-bond donors (Lipinski definition) is 3. The Morgan fingerprint density at radius 2 is 1.49 bits per heavy atom. The van der Waals surface area contributed by atoms with Gasteiger partial charge in [0.1, 0.15) is 0 Å². The lowest BCUT2D eigenvalue weighted by atomic mass is 9.82. The number of anilines is 1. The number of hydrogen-bond acceptors (Lipinski definition) is 7. The summed E-state index contributed by atoms with van der Waals surface area (Å²) in [6, 6.07) is 16.3. The van der Waals surface area contributed by atoms with Crippen molar-refractivity contribution >= 4 is 35.2 Å². The van der Waals surface area contributed by atoms with Gasteiger partial charge in [-0.25, -0.2) is 9.59 Å². The number of carbonyl (C=O) groups excluding carboxylic acids is 5. The Morgan fingerprint density at radius 1 is 0.857 bits per heavy atom. The fraction of sp³-hybridized carbons (Fsp3) is 0.115. The maximum atomic E-state index is 13.1. The Balaban J connectivity index is 1.68. The fourth-order valence-corrected chi connectivity index (χ4v) is 3.84. The van der Waals surface area contributed by atoms with Gasteiger partial charge in [-0.2, -0.15) is 0 Å². The van der Waals surface area contributed by atoms with Crippen LogP contribution in [0.25, 0.3) is 0 Å². The minimum absolute atomic E-state index is 0.0799. The van der Waals surface area contributed by atoms with Gasteiger partial charge in [0.15, 0.2) is 11.6 Å². The number of nitrogen functional groups attached to an aromatic ring is 1. The molecular weight excluding hydrogens is 450 g/mol. The molecular formula is C26H21N3O6. The molecule has 0 saturated heterocycles. The SMILES string of the molecule is CCNC(=O)NC(=O)C(OC(=O)c1ccc2c(c1N)C(=O)c1ccccc1C2=O)c1ccccc1. The summed E-state index contributed by atoms with van der Waals surface area (Å²) in [6.07, 6.45) is -1.47. The molecule has 3 aromatic rings. The van der Waals surface area contributed by atoms with Crippen LogP contribution < -0.4 is 16.4 Å². The molecule has 3 aromatic carbocycles. The maximum Gasteiger partial charge on any atom is 0.341 e. The van der Waals surface area contributed by atoms with Gasteiger partial charge in [0.2, 0.25) is 6.10 Å². The van der Waals surface area contributed by atoms with Crippen molar-refractivity contribution in [1.82, 2.24) is 10.6 Å². The summed E-state index contributed by atoms with van der Waals surface area (Å²) in [5, 5.41) is 4.56.